The highest BCUT2D eigenvalue weighted by molar-refractivity contribution is 5.92. The quantitative estimate of drug-likeness (QED) is 0.846. The van der Waals surface area contributed by atoms with Crippen molar-refractivity contribution in [2.24, 2.45) is 0 Å². The van der Waals surface area contributed by atoms with Gasteiger partial charge in [0.25, 0.3) is 5.91 Å². The standard InChI is InChI=1S/C12H20N4O/c1-5-13-11-8-14-10(7-15-11)12(17)16(6-2)9(3)4/h7-9H,5-6H2,1-4H3,(H,13,15). The Hall–Kier alpha value is -1.65. The predicted octanol–water partition coefficient (Wildman–Crippen LogP) is 1.78. The first-order valence-electron chi connectivity index (χ1n) is 5.97. The maximum absolute atomic E-state index is 12.1. The highest BCUT2D eigenvalue weighted by Gasteiger charge is 2.18. The van der Waals surface area contributed by atoms with Crippen LogP contribution >= 0.6 is 0 Å². The van der Waals surface area contributed by atoms with Gasteiger partial charge in [0.05, 0.1) is 12.4 Å². The summed E-state index contributed by atoms with van der Waals surface area (Å²) in [5, 5.41) is 3.04. The monoisotopic (exact) mass is 236 g/mol. The van der Waals surface area contributed by atoms with Gasteiger partial charge in [0, 0.05) is 19.1 Å². The maximum Gasteiger partial charge on any atom is 0.274 e. The largest absolute Gasteiger partial charge is 0.369 e. The van der Waals surface area contributed by atoms with Crippen LogP contribution in [0.4, 0.5) is 5.82 Å². The number of anilines is 1. The zero-order valence-corrected chi connectivity index (χ0v) is 10.9. The van der Waals surface area contributed by atoms with E-state index in [4.69, 9.17) is 0 Å². The first kappa shape index (κ1) is 13.4. The van der Waals surface area contributed by atoms with E-state index in [1.807, 2.05) is 27.7 Å². The van der Waals surface area contributed by atoms with Crippen molar-refractivity contribution < 1.29 is 4.79 Å². The zero-order valence-electron chi connectivity index (χ0n) is 10.9. The summed E-state index contributed by atoms with van der Waals surface area (Å²) in [5.41, 5.74) is 0.391. The van der Waals surface area contributed by atoms with Crippen molar-refractivity contribution in [3.63, 3.8) is 0 Å². The second kappa shape index (κ2) is 6.18. The summed E-state index contributed by atoms with van der Waals surface area (Å²) >= 11 is 0. The predicted molar refractivity (Wildman–Crippen MR) is 68.0 cm³/mol. The van der Waals surface area contributed by atoms with Crippen LogP contribution in [0.15, 0.2) is 12.4 Å². The normalized spacial score (nSPS) is 10.4. The van der Waals surface area contributed by atoms with Crippen LogP contribution in [0.25, 0.3) is 0 Å². The van der Waals surface area contributed by atoms with Gasteiger partial charge in [-0.2, -0.15) is 0 Å². The summed E-state index contributed by atoms with van der Waals surface area (Å²) in [6, 6.07) is 0.169. The van der Waals surface area contributed by atoms with Gasteiger partial charge in [-0.1, -0.05) is 0 Å². The molecule has 5 nitrogen and oxygen atoms in total. The van der Waals surface area contributed by atoms with Crippen LogP contribution in [0.1, 0.15) is 38.2 Å². The molecule has 1 heterocycles. The van der Waals surface area contributed by atoms with Gasteiger partial charge in [0.2, 0.25) is 0 Å². The Balaban J connectivity index is 2.81. The molecular weight excluding hydrogens is 216 g/mol. The van der Waals surface area contributed by atoms with Crippen molar-refractivity contribution in [1.29, 1.82) is 0 Å². The van der Waals surface area contributed by atoms with Gasteiger partial charge in [0.1, 0.15) is 11.5 Å². The number of amides is 1. The van der Waals surface area contributed by atoms with Crippen LogP contribution in [0.2, 0.25) is 0 Å². The molecule has 1 N–H and O–H groups in total. The Morgan fingerprint density at radius 2 is 2.06 bits per heavy atom. The van der Waals surface area contributed by atoms with Crippen LogP contribution < -0.4 is 5.32 Å². The fraction of sp³-hybridized carbons (Fsp3) is 0.583. The Labute approximate surface area is 102 Å². The third-order valence-electron chi connectivity index (χ3n) is 2.45. The number of aromatic nitrogens is 2. The second-order valence-corrected chi connectivity index (χ2v) is 4.00. The SMILES string of the molecule is CCNc1cnc(C(=O)N(CC)C(C)C)cn1. The molecule has 94 valence electrons. The topological polar surface area (TPSA) is 58.1 Å². The molecule has 1 aromatic heterocycles. The lowest BCUT2D eigenvalue weighted by atomic mass is 10.3. The van der Waals surface area contributed by atoms with E-state index in [0.29, 0.717) is 18.1 Å². The van der Waals surface area contributed by atoms with Crippen molar-refractivity contribution in [2.75, 3.05) is 18.4 Å². The summed E-state index contributed by atoms with van der Waals surface area (Å²) in [5.74, 6) is 0.620. The summed E-state index contributed by atoms with van der Waals surface area (Å²) < 4.78 is 0. The van der Waals surface area contributed by atoms with Crippen LogP contribution in [0, 0.1) is 0 Å². The Bertz CT molecular complexity index is 361. The number of carbonyl (C=O) groups excluding carboxylic acids is 1. The van der Waals surface area contributed by atoms with Gasteiger partial charge >= 0.3 is 0 Å². The molecule has 0 radical (unpaired) electrons. The van der Waals surface area contributed by atoms with E-state index < -0.39 is 0 Å². The average Bonchev–Trinajstić information content (AvgIpc) is 2.30. The van der Waals surface area contributed by atoms with Gasteiger partial charge in [-0.05, 0) is 27.7 Å². The van der Waals surface area contributed by atoms with Gasteiger partial charge < -0.3 is 10.2 Å². The number of nitrogens with zero attached hydrogens (tertiary/aromatic N) is 3. The molecule has 0 saturated carbocycles. The van der Waals surface area contributed by atoms with Crippen molar-refractivity contribution in [1.82, 2.24) is 14.9 Å². The first-order valence-corrected chi connectivity index (χ1v) is 5.97. The van der Waals surface area contributed by atoms with Gasteiger partial charge in [-0.15, -0.1) is 0 Å². The number of rotatable bonds is 5. The summed E-state index contributed by atoms with van der Waals surface area (Å²) in [4.78, 5) is 22.1. The van der Waals surface area contributed by atoms with E-state index in [2.05, 4.69) is 15.3 Å². The zero-order chi connectivity index (χ0) is 12.8. The molecule has 1 amide bonds. The Morgan fingerprint density at radius 3 is 2.47 bits per heavy atom. The molecule has 0 atom stereocenters. The minimum atomic E-state index is -0.0713. The highest BCUT2D eigenvalue weighted by Crippen LogP contribution is 2.07. The average molecular weight is 236 g/mol. The molecule has 0 saturated heterocycles. The van der Waals surface area contributed by atoms with Crippen molar-refractivity contribution in [2.45, 2.75) is 33.7 Å². The maximum atomic E-state index is 12.1. The van der Waals surface area contributed by atoms with Gasteiger partial charge in [-0.3, -0.25) is 4.79 Å². The lowest BCUT2D eigenvalue weighted by Crippen LogP contribution is -2.37. The Morgan fingerprint density at radius 1 is 1.35 bits per heavy atom. The minimum absolute atomic E-state index is 0.0713. The number of hydrogen-bond donors (Lipinski definition) is 1. The smallest absolute Gasteiger partial charge is 0.274 e. The molecule has 0 aliphatic rings. The fourth-order valence-electron chi connectivity index (χ4n) is 1.60. The minimum Gasteiger partial charge on any atom is -0.369 e. The molecule has 0 unspecified atom stereocenters. The first-order chi connectivity index (χ1) is 8.10. The molecule has 17 heavy (non-hydrogen) atoms. The third-order valence-corrected chi connectivity index (χ3v) is 2.45. The molecule has 0 fully saturated rings. The number of nitrogens with one attached hydrogen (secondary N) is 1. The van der Waals surface area contributed by atoms with Gasteiger partial charge in [0.15, 0.2) is 0 Å². The summed E-state index contributed by atoms with van der Waals surface area (Å²) in [7, 11) is 0. The molecule has 0 aromatic carbocycles. The fourth-order valence-corrected chi connectivity index (χ4v) is 1.60. The van der Waals surface area contributed by atoms with Crippen LogP contribution in [-0.4, -0.2) is 39.9 Å². The lowest BCUT2D eigenvalue weighted by Gasteiger charge is -2.24. The summed E-state index contributed by atoms with van der Waals surface area (Å²) in [6.45, 7) is 9.38. The molecule has 0 aliphatic heterocycles. The van der Waals surface area contributed by atoms with E-state index in [-0.39, 0.29) is 11.9 Å². The van der Waals surface area contributed by atoms with Gasteiger partial charge in [-0.25, -0.2) is 9.97 Å². The number of carbonyl (C=O) groups is 1. The van der Waals surface area contributed by atoms with E-state index >= 15 is 0 Å². The third kappa shape index (κ3) is 3.41. The number of hydrogen-bond acceptors (Lipinski definition) is 4. The van der Waals surface area contributed by atoms with E-state index in [1.165, 1.54) is 6.20 Å². The van der Waals surface area contributed by atoms with Crippen molar-refractivity contribution in [3.8, 4) is 0 Å². The molecule has 5 heteroatoms. The van der Waals surface area contributed by atoms with E-state index in [9.17, 15) is 4.79 Å². The Kier molecular flexibility index (Phi) is 4.87. The highest BCUT2D eigenvalue weighted by atomic mass is 16.2. The van der Waals surface area contributed by atoms with E-state index in [1.54, 1.807) is 11.1 Å². The van der Waals surface area contributed by atoms with E-state index in [0.717, 1.165) is 6.54 Å². The summed E-state index contributed by atoms with van der Waals surface area (Å²) in [6.07, 6.45) is 3.11. The second-order valence-electron chi connectivity index (χ2n) is 4.00. The van der Waals surface area contributed by atoms with Crippen LogP contribution in [0.5, 0.6) is 0 Å². The van der Waals surface area contributed by atoms with Crippen LogP contribution in [0.3, 0.4) is 0 Å². The molecule has 0 spiro atoms. The lowest BCUT2D eigenvalue weighted by molar-refractivity contribution is 0.0710. The van der Waals surface area contributed by atoms with Crippen LogP contribution in [-0.2, 0) is 0 Å². The van der Waals surface area contributed by atoms with Crippen molar-refractivity contribution in [3.05, 3.63) is 18.1 Å². The molecule has 1 rings (SSSR count). The molecule has 0 aliphatic carbocycles. The molecule has 1 aromatic rings. The molecular formula is C12H20N4O. The van der Waals surface area contributed by atoms with Crippen molar-refractivity contribution >= 4 is 11.7 Å². The molecule has 0 bridgehead atoms.